The van der Waals surface area contributed by atoms with E-state index in [0.717, 1.165) is 11.1 Å². The smallest absolute Gasteiger partial charge is 0.339 e. The molecule has 15 heavy (non-hydrogen) atoms. The number of benzene rings is 1. The Balaban J connectivity index is 3.33. The summed E-state index contributed by atoms with van der Waals surface area (Å²) >= 11 is 0. The number of nitrogens with zero attached hydrogens (tertiary/aromatic N) is 1. The van der Waals surface area contributed by atoms with Crippen LogP contribution in [0.5, 0.6) is 0 Å². The Morgan fingerprint density at radius 2 is 2.00 bits per heavy atom. The molecule has 0 aliphatic rings. The molecule has 0 aromatic heterocycles. The lowest BCUT2D eigenvalue weighted by Gasteiger charge is -2.08. The minimum atomic E-state index is -0.421. The van der Waals surface area contributed by atoms with Gasteiger partial charge in [-0.2, -0.15) is 5.26 Å². The van der Waals surface area contributed by atoms with Crippen LogP contribution in [0.4, 0.5) is 0 Å². The van der Waals surface area contributed by atoms with Crippen molar-refractivity contribution in [3.8, 4) is 6.07 Å². The molecule has 0 N–H and O–H groups in total. The maximum Gasteiger partial charge on any atom is 0.339 e. The maximum atomic E-state index is 11.6. The highest BCUT2D eigenvalue weighted by atomic mass is 16.5. The molecule has 0 saturated heterocycles. The van der Waals surface area contributed by atoms with E-state index in [-0.39, 0.29) is 0 Å². The van der Waals surface area contributed by atoms with E-state index >= 15 is 0 Å². The second-order valence-electron chi connectivity index (χ2n) is 3.28. The van der Waals surface area contributed by atoms with Crippen molar-refractivity contribution in [1.82, 2.24) is 0 Å². The van der Waals surface area contributed by atoms with Gasteiger partial charge in [0.2, 0.25) is 0 Å². The number of hydrogen-bond donors (Lipinski definition) is 0. The van der Waals surface area contributed by atoms with E-state index in [1.165, 1.54) is 0 Å². The lowest BCUT2D eigenvalue weighted by Crippen LogP contribution is -2.10. The number of nitriles is 1. The Morgan fingerprint density at radius 3 is 2.53 bits per heavy atom. The van der Waals surface area contributed by atoms with Gasteiger partial charge in [-0.25, -0.2) is 4.79 Å². The molecule has 0 unspecified atom stereocenters. The van der Waals surface area contributed by atoms with Gasteiger partial charge in [-0.1, -0.05) is 12.1 Å². The van der Waals surface area contributed by atoms with Crippen molar-refractivity contribution in [2.45, 2.75) is 20.8 Å². The molecular formula is C12H13NO2. The first kappa shape index (κ1) is 11.3. The minimum absolute atomic E-state index is 0.317. The van der Waals surface area contributed by atoms with Crippen LogP contribution >= 0.6 is 0 Å². The zero-order valence-electron chi connectivity index (χ0n) is 9.13. The van der Waals surface area contributed by atoms with E-state index in [0.29, 0.717) is 17.7 Å². The van der Waals surface area contributed by atoms with Crippen molar-refractivity contribution in [2.24, 2.45) is 0 Å². The van der Waals surface area contributed by atoms with Crippen LogP contribution in [0.3, 0.4) is 0 Å². The van der Waals surface area contributed by atoms with E-state index in [1.54, 1.807) is 20.8 Å². The van der Waals surface area contributed by atoms with Gasteiger partial charge in [-0.3, -0.25) is 0 Å². The number of aryl methyl sites for hydroxylation is 2. The predicted octanol–water partition coefficient (Wildman–Crippen LogP) is 2.35. The molecule has 0 bridgehead atoms. The third-order valence-electron chi connectivity index (χ3n) is 2.21. The summed E-state index contributed by atoms with van der Waals surface area (Å²) in [6.07, 6.45) is 0. The molecule has 0 aliphatic carbocycles. The quantitative estimate of drug-likeness (QED) is 0.693. The summed E-state index contributed by atoms with van der Waals surface area (Å²) in [4.78, 5) is 11.6. The van der Waals surface area contributed by atoms with E-state index < -0.39 is 5.97 Å². The predicted molar refractivity (Wildman–Crippen MR) is 56.6 cm³/mol. The maximum absolute atomic E-state index is 11.6. The lowest BCUT2D eigenvalue weighted by atomic mass is 9.98. The summed E-state index contributed by atoms with van der Waals surface area (Å²) in [5, 5.41) is 8.98. The highest BCUT2D eigenvalue weighted by Crippen LogP contribution is 2.18. The van der Waals surface area contributed by atoms with Crippen LogP contribution in [0.1, 0.15) is 34.0 Å². The van der Waals surface area contributed by atoms with Gasteiger partial charge >= 0.3 is 5.97 Å². The Morgan fingerprint density at radius 1 is 1.40 bits per heavy atom. The normalized spacial score (nSPS) is 9.47. The molecule has 0 atom stereocenters. The fourth-order valence-corrected chi connectivity index (χ4v) is 1.42. The van der Waals surface area contributed by atoms with E-state index in [9.17, 15) is 4.79 Å². The molecule has 1 aromatic carbocycles. The average Bonchev–Trinajstić information content (AvgIpc) is 2.21. The third kappa shape index (κ3) is 2.16. The van der Waals surface area contributed by atoms with Crippen LogP contribution in [0.15, 0.2) is 12.1 Å². The summed E-state index contributed by atoms with van der Waals surface area (Å²) in [5.41, 5.74) is 2.37. The van der Waals surface area contributed by atoms with Crippen LogP contribution in [0.2, 0.25) is 0 Å². The molecule has 0 heterocycles. The number of ether oxygens (including phenoxy) is 1. The second-order valence-corrected chi connectivity index (χ2v) is 3.28. The van der Waals surface area contributed by atoms with Gasteiger partial charge in [0, 0.05) is 0 Å². The van der Waals surface area contributed by atoms with Crippen LogP contribution in [-0.4, -0.2) is 12.6 Å². The van der Waals surface area contributed by atoms with Gasteiger partial charge in [-0.05, 0) is 31.9 Å². The molecule has 1 aromatic rings. The molecule has 78 valence electrons. The summed E-state index contributed by atoms with van der Waals surface area (Å²) in [7, 11) is 0. The first-order valence-electron chi connectivity index (χ1n) is 4.79. The minimum Gasteiger partial charge on any atom is -0.462 e. The third-order valence-corrected chi connectivity index (χ3v) is 2.21. The van der Waals surface area contributed by atoms with Crippen LogP contribution < -0.4 is 0 Å². The van der Waals surface area contributed by atoms with Crippen molar-refractivity contribution in [1.29, 1.82) is 5.26 Å². The SMILES string of the molecule is CCOC(=O)c1c(C)ccc(C)c1C#N. The molecular weight excluding hydrogens is 190 g/mol. The molecule has 0 fully saturated rings. The van der Waals surface area contributed by atoms with Gasteiger partial charge in [0.25, 0.3) is 0 Å². The number of carbonyl (C=O) groups excluding carboxylic acids is 1. The summed E-state index contributed by atoms with van der Waals surface area (Å²) < 4.78 is 4.92. The summed E-state index contributed by atoms with van der Waals surface area (Å²) in [5.74, 6) is -0.421. The van der Waals surface area contributed by atoms with Gasteiger partial charge in [0.15, 0.2) is 0 Å². The van der Waals surface area contributed by atoms with Gasteiger partial charge in [0.1, 0.15) is 6.07 Å². The molecule has 3 nitrogen and oxygen atoms in total. The fourth-order valence-electron chi connectivity index (χ4n) is 1.42. The summed E-state index contributed by atoms with van der Waals surface area (Å²) in [6, 6.07) is 5.69. The Kier molecular flexibility index (Phi) is 3.46. The second kappa shape index (κ2) is 4.61. The summed E-state index contributed by atoms with van der Waals surface area (Å²) in [6.45, 7) is 5.67. The molecule has 0 saturated carbocycles. The standard InChI is InChI=1S/C12H13NO2/c1-4-15-12(14)11-9(3)6-5-8(2)10(11)7-13/h5-6H,4H2,1-3H3. The zero-order chi connectivity index (χ0) is 11.4. The molecule has 0 radical (unpaired) electrons. The highest BCUT2D eigenvalue weighted by molar-refractivity contribution is 5.94. The van der Waals surface area contributed by atoms with E-state index in [4.69, 9.17) is 10.00 Å². The monoisotopic (exact) mass is 203 g/mol. The number of rotatable bonds is 2. The Bertz CT molecular complexity index is 430. The van der Waals surface area contributed by atoms with Crippen LogP contribution in [0.25, 0.3) is 0 Å². The van der Waals surface area contributed by atoms with Crippen molar-refractivity contribution in [2.75, 3.05) is 6.61 Å². The molecule has 1 rings (SSSR count). The zero-order valence-corrected chi connectivity index (χ0v) is 9.13. The van der Waals surface area contributed by atoms with E-state index in [1.807, 2.05) is 18.2 Å². The van der Waals surface area contributed by atoms with Crippen LogP contribution in [0, 0.1) is 25.2 Å². The molecule has 0 amide bonds. The Hall–Kier alpha value is -1.82. The highest BCUT2D eigenvalue weighted by Gasteiger charge is 2.16. The van der Waals surface area contributed by atoms with Gasteiger partial charge in [0.05, 0.1) is 17.7 Å². The van der Waals surface area contributed by atoms with E-state index in [2.05, 4.69) is 0 Å². The van der Waals surface area contributed by atoms with Gasteiger partial charge in [-0.15, -0.1) is 0 Å². The molecule has 0 aliphatic heterocycles. The lowest BCUT2D eigenvalue weighted by molar-refractivity contribution is 0.0525. The molecule has 0 spiro atoms. The van der Waals surface area contributed by atoms with Crippen molar-refractivity contribution in [3.63, 3.8) is 0 Å². The van der Waals surface area contributed by atoms with Gasteiger partial charge < -0.3 is 4.74 Å². The Labute approximate surface area is 89.3 Å². The average molecular weight is 203 g/mol. The van der Waals surface area contributed by atoms with Crippen molar-refractivity contribution in [3.05, 3.63) is 34.4 Å². The van der Waals surface area contributed by atoms with Crippen molar-refractivity contribution >= 4 is 5.97 Å². The number of esters is 1. The van der Waals surface area contributed by atoms with Crippen LogP contribution in [-0.2, 0) is 4.74 Å². The fraction of sp³-hybridized carbons (Fsp3) is 0.333. The topological polar surface area (TPSA) is 50.1 Å². The first-order chi connectivity index (χ1) is 7.11. The number of carbonyl (C=O) groups is 1. The first-order valence-corrected chi connectivity index (χ1v) is 4.79. The van der Waals surface area contributed by atoms with Crippen molar-refractivity contribution < 1.29 is 9.53 Å². The number of hydrogen-bond acceptors (Lipinski definition) is 3. The molecule has 3 heteroatoms. The largest absolute Gasteiger partial charge is 0.462 e.